The van der Waals surface area contributed by atoms with Gasteiger partial charge in [-0.25, -0.2) is 4.79 Å². The molecule has 0 aromatic heterocycles. The predicted molar refractivity (Wildman–Crippen MR) is 375 cm³/mol. The Morgan fingerprint density at radius 1 is 0.464 bits per heavy atom. The van der Waals surface area contributed by atoms with Crippen LogP contribution in [0.25, 0.3) is 11.1 Å². The highest BCUT2D eigenvalue weighted by Gasteiger charge is 2.43. The fourth-order valence-electron chi connectivity index (χ4n) is 12.4. The fourth-order valence-corrected chi connectivity index (χ4v) is 13.9. The first-order valence-corrected chi connectivity index (χ1v) is 33.4. The number of ether oxygens (including phenoxy) is 2. The number of hydrogen-bond donors (Lipinski definition) is 8. The topological polar surface area (TPSA) is 259 Å². The molecule has 18 nitrogen and oxygen atoms in total. The Hall–Kier alpha value is -10.4. The highest BCUT2D eigenvalue weighted by Crippen LogP contribution is 2.49. The molecule has 7 amide bonds. The van der Waals surface area contributed by atoms with E-state index in [0.717, 1.165) is 38.9 Å². The molecular weight excluding hydrogens is 1240 g/mol. The average molecular weight is 1330 g/mol. The summed E-state index contributed by atoms with van der Waals surface area (Å²) in [6.45, 7) is 10.7. The van der Waals surface area contributed by atoms with E-state index in [0.29, 0.717) is 16.7 Å². The molecule has 1 aliphatic rings. The summed E-state index contributed by atoms with van der Waals surface area (Å²) >= 11 is 1.34. The first kappa shape index (κ1) is 70.9. The molecule has 0 radical (unpaired) electrons. The molecule has 0 bridgehead atoms. The normalized spacial score (nSPS) is 13.9. The van der Waals surface area contributed by atoms with Crippen LogP contribution in [0.3, 0.4) is 0 Å². The summed E-state index contributed by atoms with van der Waals surface area (Å²) in [5.41, 5.74) is 6.44. The fraction of sp³-hybridized carbons (Fsp3) is 0.282. The molecule has 502 valence electrons. The van der Waals surface area contributed by atoms with Crippen LogP contribution < -0.4 is 37.2 Å². The molecular formula is C78H83N7O11S. The summed E-state index contributed by atoms with van der Waals surface area (Å²) in [5, 5.41) is 29.0. The standard InChI is InChI=1S/C78H83N7O11S/c1-50(2)68(74(93)80-51(3)70(89)81-65(72(91)84-69(52(4)96-76(5,6)7)73(92)79-47-67(87)88)49-97-78(56-36-20-11-21-37-56,57-38-22-12-23-39-57)58-40-24-13-25-41-58)83-71(90)64(82-75(94)95-48-63-61-44-28-26-42-59(61)60-43-27-29-45-62(60)63)46-66(86)85-77(53-30-14-8-15-31-53,54-32-16-9-17-33-54)55-34-18-10-19-35-55/h8-45,50-52,63-65,68-69H,46-49H2,1-7H3,(H,79,92)(H,80,93)(H,81,89)(H,82,94)(H,83,90)(H,84,91)(H,85,86)(H,87,88)/t51-,52+,64-,65-,68-,69-/m0/s1. The molecule has 0 saturated heterocycles. The van der Waals surface area contributed by atoms with Gasteiger partial charge in [0.25, 0.3) is 0 Å². The van der Waals surface area contributed by atoms with E-state index in [2.05, 4.69) is 37.2 Å². The lowest BCUT2D eigenvalue weighted by molar-refractivity contribution is -0.142. The molecule has 6 atom stereocenters. The van der Waals surface area contributed by atoms with Gasteiger partial charge in [0.15, 0.2) is 0 Å². The van der Waals surface area contributed by atoms with Crippen molar-refractivity contribution in [3.05, 3.63) is 275 Å². The number of alkyl carbamates (subject to hydrolysis) is 1. The lowest BCUT2D eigenvalue weighted by Gasteiger charge is -2.37. The molecule has 0 fully saturated rings. The van der Waals surface area contributed by atoms with Gasteiger partial charge in [-0.2, -0.15) is 0 Å². The molecule has 8 N–H and O–H groups in total. The van der Waals surface area contributed by atoms with Crippen molar-refractivity contribution in [2.45, 2.75) is 113 Å². The van der Waals surface area contributed by atoms with E-state index in [9.17, 15) is 29.1 Å². The van der Waals surface area contributed by atoms with Gasteiger partial charge in [0.2, 0.25) is 35.4 Å². The zero-order valence-corrected chi connectivity index (χ0v) is 56.1. The second-order valence-electron chi connectivity index (χ2n) is 25.3. The first-order valence-electron chi connectivity index (χ1n) is 32.4. The molecule has 19 heteroatoms. The van der Waals surface area contributed by atoms with Gasteiger partial charge in [-0.1, -0.05) is 244 Å². The van der Waals surface area contributed by atoms with Crippen molar-refractivity contribution in [3.8, 4) is 11.1 Å². The molecule has 0 spiro atoms. The highest BCUT2D eigenvalue weighted by atomic mass is 32.2. The minimum Gasteiger partial charge on any atom is -0.480 e. The van der Waals surface area contributed by atoms with Crippen molar-refractivity contribution in [1.29, 1.82) is 0 Å². The van der Waals surface area contributed by atoms with Gasteiger partial charge in [0.05, 0.1) is 22.9 Å². The zero-order valence-electron chi connectivity index (χ0n) is 55.3. The van der Waals surface area contributed by atoms with Gasteiger partial charge < -0.3 is 51.8 Å². The lowest BCUT2D eigenvalue weighted by Crippen LogP contribution is -2.61. The molecule has 0 saturated carbocycles. The highest BCUT2D eigenvalue weighted by molar-refractivity contribution is 8.00. The maximum absolute atomic E-state index is 15.1. The Morgan fingerprint density at radius 2 is 0.876 bits per heavy atom. The number of benzene rings is 8. The van der Waals surface area contributed by atoms with Crippen LogP contribution in [0.4, 0.5) is 4.79 Å². The lowest BCUT2D eigenvalue weighted by atomic mass is 9.77. The second-order valence-corrected chi connectivity index (χ2v) is 26.5. The van der Waals surface area contributed by atoms with E-state index in [4.69, 9.17) is 9.47 Å². The number of carboxylic acids is 1. The van der Waals surface area contributed by atoms with E-state index in [1.165, 1.54) is 18.7 Å². The van der Waals surface area contributed by atoms with E-state index in [1.807, 2.05) is 231 Å². The molecule has 97 heavy (non-hydrogen) atoms. The third kappa shape index (κ3) is 17.4. The maximum atomic E-state index is 15.1. The van der Waals surface area contributed by atoms with Crippen LogP contribution in [0, 0.1) is 5.92 Å². The van der Waals surface area contributed by atoms with Gasteiger partial charge in [-0.15, -0.1) is 11.8 Å². The van der Waals surface area contributed by atoms with Crippen molar-refractivity contribution < 1.29 is 52.9 Å². The predicted octanol–water partition coefficient (Wildman–Crippen LogP) is 10.1. The van der Waals surface area contributed by atoms with Crippen LogP contribution in [-0.4, -0.2) is 113 Å². The average Bonchev–Trinajstić information content (AvgIpc) is 1.30. The van der Waals surface area contributed by atoms with Crippen LogP contribution >= 0.6 is 11.8 Å². The van der Waals surface area contributed by atoms with Gasteiger partial charge in [-0.3, -0.25) is 33.6 Å². The van der Waals surface area contributed by atoms with Gasteiger partial charge >= 0.3 is 12.1 Å². The Bertz CT molecular complexity index is 3770. The summed E-state index contributed by atoms with van der Waals surface area (Å²) in [6.07, 6.45) is -2.66. The summed E-state index contributed by atoms with van der Waals surface area (Å²) < 4.78 is 11.1. The van der Waals surface area contributed by atoms with E-state index in [1.54, 1.807) is 41.5 Å². The minimum absolute atomic E-state index is 0.112. The van der Waals surface area contributed by atoms with Crippen LogP contribution in [0.15, 0.2) is 231 Å². The van der Waals surface area contributed by atoms with Crippen molar-refractivity contribution in [1.82, 2.24) is 37.2 Å². The van der Waals surface area contributed by atoms with Crippen LogP contribution in [0.5, 0.6) is 0 Å². The minimum atomic E-state index is -1.65. The number of aliphatic carboxylic acids is 1. The number of rotatable bonds is 29. The van der Waals surface area contributed by atoms with Crippen molar-refractivity contribution >= 4 is 59.3 Å². The van der Waals surface area contributed by atoms with Crippen LogP contribution in [-0.2, 0) is 53.3 Å². The number of nitrogens with one attached hydrogen (secondary N) is 7. The molecule has 0 heterocycles. The molecule has 1 aliphatic carbocycles. The number of fused-ring (bicyclic) bond motifs is 3. The largest absolute Gasteiger partial charge is 0.480 e. The van der Waals surface area contributed by atoms with Crippen LogP contribution in [0.2, 0.25) is 0 Å². The Labute approximate surface area is 570 Å². The molecule has 8 aromatic carbocycles. The quantitative estimate of drug-likeness (QED) is 0.0204. The van der Waals surface area contributed by atoms with Crippen LogP contribution in [0.1, 0.15) is 105 Å². The Kier molecular flexibility index (Phi) is 23.7. The van der Waals surface area contributed by atoms with Gasteiger partial charge in [0, 0.05) is 11.7 Å². The van der Waals surface area contributed by atoms with Gasteiger partial charge in [0.1, 0.15) is 48.9 Å². The maximum Gasteiger partial charge on any atom is 0.407 e. The number of amides is 7. The number of carbonyl (C=O) groups excluding carboxylic acids is 7. The molecule has 0 unspecified atom stereocenters. The number of hydrogen-bond acceptors (Lipinski definition) is 11. The van der Waals surface area contributed by atoms with Gasteiger partial charge in [-0.05, 0) is 96.2 Å². The Balaban J connectivity index is 0.998. The molecule has 0 aliphatic heterocycles. The smallest absolute Gasteiger partial charge is 0.407 e. The third-order valence-electron chi connectivity index (χ3n) is 16.9. The third-order valence-corrected chi connectivity index (χ3v) is 18.6. The number of carboxylic acid groups (broad SMARTS) is 1. The second kappa shape index (κ2) is 32.4. The number of carbonyl (C=O) groups is 8. The van der Waals surface area contributed by atoms with E-state index < -0.39 is 119 Å². The van der Waals surface area contributed by atoms with Crippen molar-refractivity contribution in [2.75, 3.05) is 18.9 Å². The monoisotopic (exact) mass is 1330 g/mol. The summed E-state index contributed by atoms with van der Waals surface area (Å²) in [6, 6.07) is 65.4. The summed E-state index contributed by atoms with van der Waals surface area (Å²) in [5.74, 6) is -7.37. The van der Waals surface area contributed by atoms with Crippen molar-refractivity contribution in [2.24, 2.45) is 5.92 Å². The zero-order chi connectivity index (χ0) is 69.3. The van der Waals surface area contributed by atoms with Crippen molar-refractivity contribution in [3.63, 3.8) is 0 Å². The summed E-state index contributed by atoms with van der Waals surface area (Å²) in [4.78, 5) is 115. The Morgan fingerprint density at radius 3 is 1.31 bits per heavy atom. The molecule has 9 rings (SSSR count). The van der Waals surface area contributed by atoms with E-state index in [-0.39, 0.29) is 18.3 Å². The number of thioether (sulfide) groups is 1. The summed E-state index contributed by atoms with van der Waals surface area (Å²) in [7, 11) is 0. The first-order chi connectivity index (χ1) is 46.6. The SMILES string of the molecule is CC(C)[C@H](NC(=O)[C@H](CC(=O)NC(c1ccccc1)(c1ccccc1)c1ccccc1)NC(=O)OCC1c2ccccc2-c2ccccc21)C(=O)N[C@@H](C)C(=O)N[C@@H](CSC(c1ccccc1)(c1ccccc1)c1ccccc1)C(=O)N[C@H](C(=O)NCC(=O)O)[C@@H](C)OC(C)(C)C. The van der Waals surface area contributed by atoms with E-state index >= 15 is 14.4 Å². The molecule has 8 aromatic rings.